The lowest BCUT2D eigenvalue weighted by Gasteiger charge is -2.69. The van der Waals surface area contributed by atoms with Crippen molar-refractivity contribution >= 4 is 0 Å². The summed E-state index contributed by atoms with van der Waals surface area (Å²) in [6.45, 7) is 12.4. The zero-order valence-corrected chi connectivity index (χ0v) is 22.1. The smallest absolute Gasteiger partial charge is 0.165 e. The minimum absolute atomic E-state index is 0.176. The van der Waals surface area contributed by atoms with Crippen LogP contribution >= 0.6 is 0 Å². The van der Waals surface area contributed by atoms with Gasteiger partial charge in [0.2, 0.25) is 0 Å². The van der Waals surface area contributed by atoms with Gasteiger partial charge >= 0.3 is 0 Å². The van der Waals surface area contributed by atoms with Gasteiger partial charge in [0, 0.05) is 31.2 Å². The molecule has 0 unspecified atom stereocenters. The average molecular weight is 480 g/mol. The molecule has 1 saturated heterocycles. The van der Waals surface area contributed by atoms with Gasteiger partial charge in [-0.1, -0.05) is 32.8 Å². The van der Waals surface area contributed by atoms with Crippen molar-refractivity contribution in [2.45, 2.75) is 95.5 Å². The standard InChI is InChI=1S/C30H41NO4/c1-8-29-16-21(28(6,33)26(2,3)4)27(5,34-7)25-30(29)13-14-31(17-18-9-10-18)22(29)15-19-11-12-20(32)24(35-25)23(19)30/h1,11-12,18,21-22,25,32-33H,9-10,13-17H2,2-7H3/t21-,22+,25-,27+,28-,29+,30-/m0/s1. The quantitative estimate of drug-likeness (QED) is 0.632. The molecule has 190 valence electrons. The van der Waals surface area contributed by atoms with Gasteiger partial charge in [0.15, 0.2) is 11.5 Å². The van der Waals surface area contributed by atoms with E-state index in [2.05, 4.69) is 44.6 Å². The summed E-state index contributed by atoms with van der Waals surface area (Å²) in [6, 6.07) is 4.03. The Morgan fingerprint density at radius 3 is 2.57 bits per heavy atom. The van der Waals surface area contributed by atoms with Gasteiger partial charge in [0.05, 0.1) is 16.4 Å². The van der Waals surface area contributed by atoms with Crippen molar-refractivity contribution in [1.82, 2.24) is 4.90 Å². The first-order chi connectivity index (χ1) is 16.4. The molecule has 3 aliphatic carbocycles. The summed E-state index contributed by atoms with van der Waals surface area (Å²) in [5.41, 5.74) is -0.859. The maximum Gasteiger partial charge on any atom is 0.165 e. The lowest BCUT2D eigenvalue weighted by molar-refractivity contribution is -0.262. The van der Waals surface area contributed by atoms with E-state index in [9.17, 15) is 10.2 Å². The molecular formula is C30H41NO4. The summed E-state index contributed by atoms with van der Waals surface area (Å²) in [4.78, 5) is 2.66. The molecule has 2 bridgehead atoms. The van der Waals surface area contributed by atoms with Crippen molar-refractivity contribution in [3.05, 3.63) is 23.3 Å². The second-order valence-electron chi connectivity index (χ2n) is 13.5. The van der Waals surface area contributed by atoms with E-state index in [1.807, 2.05) is 6.92 Å². The molecular weight excluding hydrogens is 438 g/mol. The fourth-order valence-corrected chi connectivity index (χ4v) is 8.57. The number of aromatic hydroxyl groups is 1. The highest BCUT2D eigenvalue weighted by Gasteiger charge is 2.79. The number of nitrogens with zero attached hydrogens (tertiary/aromatic N) is 1. The van der Waals surface area contributed by atoms with Gasteiger partial charge in [-0.15, -0.1) is 6.42 Å². The third kappa shape index (κ3) is 2.67. The van der Waals surface area contributed by atoms with Crippen LogP contribution in [0.1, 0.15) is 71.4 Å². The Kier molecular flexibility index (Phi) is 4.71. The molecule has 1 aromatic rings. The number of methoxy groups -OCH3 is 1. The van der Waals surface area contributed by atoms with Gasteiger partial charge in [0.1, 0.15) is 11.7 Å². The van der Waals surface area contributed by atoms with E-state index in [1.165, 1.54) is 18.4 Å². The molecule has 2 saturated carbocycles. The number of likely N-dealkylation sites (tertiary alicyclic amines) is 1. The molecule has 0 aromatic heterocycles. The summed E-state index contributed by atoms with van der Waals surface area (Å²) >= 11 is 0. The average Bonchev–Trinajstić information content (AvgIpc) is 3.54. The van der Waals surface area contributed by atoms with Crippen LogP contribution < -0.4 is 4.74 Å². The van der Waals surface area contributed by atoms with E-state index >= 15 is 0 Å². The number of hydrogen-bond acceptors (Lipinski definition) is 5. The normalized spacial score (nSPS) is 41.5. The van der Waals surface area contributed by atoms with Crippen molar-refractivity contribution in [2.24, 2.45) is 22.7 Å². The van der Waals surface area contributed by atoms with Crippen LogP contribution in [0.25, 0.3) is 0 Å². The summed E-state index contributed by atoms with van der Waals surface area (Å²) in [7, 11) is 1.74. The van der Waals surface area contributed by atoms with E-state index in [1.54, 1.807) is 13.2 Å². The molecule has 1 spiro atoms. The van der Waals surface area contributed by atoms with Crippen LogP contribution in [0.3, 0.4) is 0 Å². The summed E-state index contributed by atoms with van der Waals surface area (Å²) < 4.78 is 13.2. The van der Waals surface area contributed by atoms with Crippen molar-refractivity contribution in [3.8, 4) is 23.8 Å². The number of rotatable bonds is 4. The monoisotopic (exact) mass is 479 g/mol. The van der Waals surface area contributed by atoms with Crippen LogP contribution in [-0.4, -0.2) is 58.7 Å². The van der Waals surface area contributed by atoms with Gasteiger partial charge in [-0.05, 0) is 75.5 Å². The molecule has 2 heterocycles. The van der Waals surface area contributed by atoms with Crippen LogP contribution in [0.15, 0.2) is 12.1 Å². The van der Waals surface area contributed by atoms with E-state index in [0.29, 0.717) is 12.2 Å². The van der Waals surface area contributed by atoms with Crippen molar-refractivity contribution in [1.29, 1.82) is 0 Å². The Morgan fingerprint density at radius 1 is 1.26 bits per heavy atom. The third-order valence-electron chi connectivity index (χ3n) is 11.2. The number of aliphatic hydroxyl groups is 1. The minimum Gasteiger partial charge on any atom is -0.504 e. The van der Waals surface area contributed by atoms with Gasteiger partial charge in [-0.2, -0.15) is 0 Å². The van der Waals surface area contributed by atoms with Gasteiger partial charge in [-0.25, -0.2) is 0 Å². The Morgan fingerprint density at radius 2 is 1.97 bits per heavy atom. The molecule has 2 N–H and O–H groups in total. The lowest BCUT2D eigenvalue weighted by Crippen LogP contribution is -2.79. The molecule has 0 amide bonds. The fraction of sp³-hybridized carbons (Fsp3) is 0.733. The number of benzene rings is 1. The topological polar surface area (TPSA) is 62.2 Å². The number of hydrogen-bond donors (Lipinski definition) is 2. The van der Waals surface area contributed by atoms with E-state index < -0.39 is 33.6 Å². The largest absolute Gasteiger partial charge is 0.504 e. The summed E-state index contributed by atoms with van der Waals surface area (Å²) in [5, 5.41) is 23.2. The van der Waals surface area contributed by atoms with E-state index in [-0.39, 0.29) is 17.7 Å². The summed E-state index contributed by atoms with van der Waals surface area (Å²) in [6.07, 6.45) is 11.3. The predicted octanol–water partition coefficient (Wildman–Crippen LogP) is 4.27. The zero-order chi connectivity index (χ0) is 25.2. The molecule has 1 aromatic carbocycles. The van der Waals surface area contributed by atoms with Gasteiger partial charge in [-0.3, -0.25) is 4.90 Å². The van der Waals surface area contributed by atoms with Gasteiger partial charge < -0.3 is 19.7 Å². The molecule has 5 aliphatic rings. The number of ether oxygens (including phenoxy) is 2. The highest BCUT2D eigenvalue weighted by Crippen LogP contribution is 2.73. The second kappa shape index (κ2) is 6.97. The first-order valence-corrected chi connectivity index (χ1v) is 13.4. The maximum atomic E-state index is 12.2. The van der Waals surface area contributed by atoms with Crippen molar-refractivity contribution < 1.29 is 19.7 Å². The SMILES string of the molecule is C#C[C@]12C[C@H]([C@](C)(O)C(C)(C)C)[C@@](C)(OC)[C@@H]3Oc4c(O)ccc5c4[C@@]31CCN(CC1CC1)[C@@H]2C5. The molecule has 5 nitrogen and oxygen atoms in total. The molecule has 0 radical (unpaired) electrons. The highest BCUT2D eigenvalue weighted by atomic mass is 16.6. The van der Waals surface area contributed by atoms with Crippen LogP contribution in [0.2, 0.25) is 0 Å². The minimum atomic E-state index is -1.06. The second-order valence-corrected chi connectivity index (χ2v) is 13.5. The van der Waals surface area contributed by atoms with Crippen molar-refractivity contribution in [3.63, 3.8) is 0 Å². The van der Waals surface area contributed by atoms with Crippen LogP contribution in [0, 0.1) is 35.0 Å². The molecule has 2 aliphatic heterocycles. The predicted molar refractivity (Wildman–Crippen MR) is 135 cm³/mol. The third-order valence-corrected chi connectivity index (χ3v) is 11.2. The molecule has 7 atom stereocenters. The number of phenols is 1. The Hall–Kier alpha value is -1.74. The highest BCUT2D eigenvalue weighted by molar-refractivity contribution is 5.64. The zero-order valence-electron chi connectivity index (χ0n) is 22.1. The Balaban J connectivity index is 1.62. The fourth-order valence-electron chi connectivity index (χ4n) is 8.57. The Labute approximate surface area is 210 Å². The van der Waals surface area contributed by atoms with Crippen LogP contribution in [-0.2, 0) is 16.6 Å². The lowest BCUT2D eigenvalue weighted by atomic mass is 9.38. The Bertz CT molecular complexity index is 1110. The molecule has 3 fully saturated rings. The first-order valence-electron chi connectivity index (χ1n) is 13.4. The van der Waals surface area contributed by atoms with E-state index in [0.717, 1.165) is 37.4 Å². The molecule has 6 rings (SSSR count). The maximum absolute atomic E-state index is 12.2. The molecule has 5 heteroatoms. The van der Waals surface area contributed by atoms with Crippen LogP contribution in [0.5, 0.6) is 11.5 Å². The number of piperidine rings is 1. The van der Waals surface area contributed by atoms with E-state index in [4.69, 9.17) is 15.9 Å². The first kappa shape index (κ1) is 23.6. The number of phenolic OH excluding ortho intramolecular Hbond substituents is 1. The summed E-state index contributed by atoms with van der Waals surface area (Å²) in [5.74, 6) is 4.68. The van der Waals surface area contributed by atoms with Crippen LogP contribution in [0.4, 0.5) is 0 Å². The van der Waals surface area contributed by atoms with Gasteiger partial charge in [0.25, 0.3) is 0 Å². The van der Waals surface area contributed by atoms with Crippen molar-refractivity contribution in [2.75, 3.05) is 20.2 Å². The number of terminal acetylenes is 1. The molecule has 35 heavy (non-hydrogen) atoms.